The van der Waals surface area contributed by atoms with Gasteiger partial charge >= 0.3 is 6.36 Å². The Labute approximate surface area is 242 Å². The van der Waals surface area contributed by atoms with Gasteiger partial charge in [0.05, 0.1) is 11.1 Å². The SMILES string of the molecule is CNC(=O)c1c(-c2ccc(F)cc2)oc2cc(N(C)C)c(-c3ccc(OC(F)(F)F)c(-c4nc5ccccc5o4)c3)cc12. The summed E-state index contributed by atoms with van der Waals surface area (Å²) >= 11 is 0. The Morgan fingerprint density at radius 3 is 2.28 bits per heavy atom. The summed E-state index contributed by atoms with van der Waals surface area (Å²) in [4.78, 5) is 19.3. The number of rotatable bonds is 6. The Bertz CT molecular complexity index is 1960. The zero-order valence-electron chi connectivity index (χ0n) is 23.0. The lowest BCUT2D eigenvalue weighted by atomic mass is 9.96. The number of fused-ring (bicyclic) bond motifs is 2. The second kappa shape index (κ2) is 10.5. The molecule has 0 fully saturated rings. The molecule has 2 aromatic heterocycles. The molecule has 0 spiro atoms. The number of benzene rings is 4. The van der Waals surface area contributed by atoms with E-state index in [1.807, 2.05) is 4.90 Å². The van der Waals surface area contributed by atoms with E-state index < -0.39 is 23.8 Å². The molecular weight excluding hydrogens is 566 g/mol. The van der Waals surface area contributed by atoms with Crippen LogP contribution in [0.4, 0.5) is 23.2 Å². The summed E-state index contributed by atoms with van der Waals surface area (Å²) in [7, 11) is 5.09. The van der Waals surface area contributed by atoms with Crippen LogP contribution in [0.3, 0.4) is 0 Å². The Kier molecular flexibility index (Phi) is 6.80. The highest BCUT2D eigenvalue weighted by Crippen LogP contribution is 2.43. The number of furan rings is 1. The number of aromatic nitrogens is 1. The first kappa shape index (κ1) is 27.8. The van der Waals surface area contributed by atoms with Gasteiger partial charge in [-0.3, -0.25) is 4.79 Å². The molecule has 1 N–H and O–H groups in total. The van der Waals surface area contributed by atoms with Crippen molar-refractivity contribution in [3.63, 3.8) is 0 Å². The van der Waals surface area contributed by atoms with Crippen LogP contribution in [0, 0.1) is 5.82 Å². The van der Waals surface area contributed by atoms with E-state index in [9.17, 15) is 22.4 Å². The van der Waals surface area contributed by atoms with Crippen molar-refractivity contribution < 1.29 is 35.9 Å². The molecule has 0 atom stereocenters. The topological polar surface area (TPSA) is 80.7 Å². The number of hydrogen-bond donors (Lipinski definition) is 1. The number of nitrogens with one attached hydrogen (secondary N) is 1. The fourth-order valence-corrected chi connectivity index (χ4v) is 4.95. The number of para-hydroxylation sites is 2. The number of hydrogen-bond acceptors (Lipinski definition) is 6. The van der Waals surface area contributed by atoms with Crippen LogP contribution in [0.15, 0.2) is 87.7 Å². The molecule has 6 rings (SSSR count). The van der Waals surface area contributed by atoms with Gasteiger partial charge in [0.1, 0.15) is 28.4 Å². The van der Waals surface area contributed by atoms with E-state index in [1.54, 1.807) is 50.5 Å². The lowest BCUT2D eigenvalue weighted by Gasteiger charge is -2.19. The largest absolute Gasteiger partial charge is 0.573 e. The van der Waals surface area contributed by atoms with Crippen LogP contribution in [0.1, 0.15) is 10.4 Å². The Morgan fingerprint density at radius 2 is 1.60 bits per heavy atom. The molecule has 11 heteroatoms. The summed E-state index contributed by atoms with van der Waals surface area (Å²) in [5.41, 5.74) is 3.72. The predicted molar refractivity (Wildman–Crippen MR) is 154 cm³/mol. The number of halogens is 4. The molecule has 43 heavy (non-hydrogen) atoms. The van der Waals surface area contributed by atoms with E-state index in [4.69, 9.17) is 8.83 Å². The Morgan fingerprint density at radius 1 is 0.884 bits per heavy atom. The first-order chi connectivity index (χ1) is 20.5. The van der Waals surface area contributed by atoms with E-state index in [0.717, 1.165) is 0 Å². The van der Waals surface area contributed by atoms with Gasteiger partial charge in [-0.05, 0) is 60.2 Å². The Hall–Kier alpha value is -5.32. The van der Waals surface area contributed by atoms with E-state index in [0.29, 0.717) is 44.4 Å². The van der Waals surface area contributed by atoms with Gasteiger partial charge in [0.15, 0.2) is 5.58 Å². The van der Waals surface area contributed by atoms with Crippen LogP contribution < -0.4 is 15.0 Å². The van der Waals surface area contributed by atoms with E-state index in [1.165, 1.54) is 49.5 Å². The average molecular weight is 590 g/mol. The number of ether oxygens (including phenoxy) is 1. The monoisotopic (exact) mass is 589 g/mol. The standard InChI is InChI=1S/C32H23F4N3O4/c1-37-30(40)28-21-15-20(24(39(2)3)16-27(21)41-29(28)17-8-11-19(33)12-9-17)18-10-13-25(43-32(34,35)36)22(14-18)31-38-23-6-4-5-7-26(23)42-31/h4-16H,1-3H3,(H,37,40). The first-order valence-electron chi connectivity index (χ1n) is 13.0. The molecular formula is C32H23F4N3O4. The van der Waals surface area contributed by atoms with Crippen LogP contribution in [-0.4, -0.2) is 38.4 Å². The van der Waals surface area contributed by atoms with Gasteiger partial charge in [-0.15, -0.1) is 13.2 Å². The lowest BCUT2D eigenvalue weighted by molar-refractivity contribution is -0.274. The fourth-order valence-electron chi connectivity index (χ4n) is 4.95. The van der Waals surface area contributed by atoms with Crippen molar-refractivity contribution in [2.45, 2.75) is 6.36 Å². The number of oxazole rings is 1. The summed E-state index contributed by atoms with van der Waals surface area (Å²) in [5.74, 6) is -1.16. The molecule has 0 saturated carbocycles. The zero-order valence-corrected chi connectivity index (χ0v) is 23.0. The maximum atomic E-state index is 13.7. The minimum atomic E-state index is -4.95. The molecule has 0 aliphatic heterocycles. The maximum absolute atomic E-state index is 13.7. The van der Waals surface area contributed by atoms with Crippen LogP contribution >= 0.6 is 0 Å². The fraction of sp³-hybridized carbons (Fsp3) is 0.125. The van der Waals surface area contributed by atoms with Gasteiger partial charge in [-0.25, -0.2) is 9.37 Å². The number of carbonyl (C=O) groups excluding carboxylic acids is 1. The average Bonchev–Trinajstić information content (AvgIpc) is 3.57. The van der Waals surface area contributed by atoms with Crippen LogP contribution in [0.2, 0.25) is 0 Å². The third-order valence-corrected chi connectivity index (χ3v) is 6.89. The molecule has 0 aliphatic carbocycles. The third kappa shape index (κ3) is 5.25. The van der Waals surface area contributed by atoms with Gasteiger partial charge in [0, 0.05) is 49.4 Å². The van der Waals surface area contributed by atoms with Crippen molar-refractivity contribution in [2.75, 3.05) is 26.0 Å². The number of carbonyl (C=O) groups is 1. The smallest absolute Gasteiger partial charge is 0.455 e. The first-order valence-corrected chi connectivity index (χ1v) is 13.0. The maximum Gasteiger partial charge on any atom is 0.573 e. The van der Waals surface area contributed by atoms with Crippen molar-refractivity contribution in [1.82, 2.24) is 10.3 Å². The summed E-state index contributed by atoms with van der Waals surface area (Å²) < 4.78 is 70.1. The summed E-state index contributed by atoms with van der Waals surface area (Å²) in [6.45, 7) is 0. The minimum absolute atomic E-state index is 0.0125. The number of alkyl halides is 3. The van der Waals surface area contributed by atoms with E-state index in [2.05, 4.69) is 15.0 Å². The second-order valence-corrected chi connectivity index (χ2v) is 9.90. The quantitative estimate of drug-likeness (QED) is 0.198. The highest BCUT2D eigenvalue weighted by atomic mass is 19.4. The van der Waals surface area contributed by atoms with Gasteiger partial charge in [0.2, 0.25) is 5.89 Å². The number of amides is 1. The van der Waals surface area contributed by atoms with Crippen LogP contribution in [0.25, 0.3) is 56.0 Å². The summed E-state index contributed by atoms with van der Waals surface area (Å²) in [5, 5.41) is 3.08. The molecule has 4 aromatic carbocycles. The summed E-state index contributed by atoms with van der Waals surface area (Å²) in [6, 6.07) is 20.1. The van der Waals surface area contributed by atoms with Crippen molar-refractivity contribution in [2.24, 2.45) is 0 Å². The highest BCUT2D eigenvalue weighted by Gasteiger charge is 2.33. The number of nitrogens with zero attached hydrogens (tertiary/aromatic N) is 2. The molecule has 6 aromatic rings. The molecule has 0 unspecified atom stereocenters. The molecule has 0 radical (unpaired) electrons. The van der Waals surface area contributed by atoms with Gasteiger partial charge in [0.25, 0.3) is 5.91 Å². The van der Waals surface area contributed by atoms with Crippen molar-refractivity contribution in [1.29, 1.82) is 0 Å². The molecule has 7 nitrogen and oxygen atoms in total. The van der Waals surface area contributed by atoms with Gasteiger partial charge in [-0.1, -0.05) is 18.2 Å². The predicted octanol–water partition coefficient (Wildman–Crippen LogP) is 8.04. The molecule has 0 saturated heterocycles. The van der Waals surface area contributed by atoms with Gasteiger partial charge in [-0.2, -0.15) is 0 Å². The number of anilines is 1. The highest BCUT2D eigenvalue weighted by molar-refractivity contribution is 6.13. The lowest BCUT2D eigenvalue weighted by Crippen LogP contribution is -2.18. The normalized spacial score (nSPS) is 11.7. The van der Waals surface area contributed by atoms with Crippen LogP contribution in [-0.2, 0) is 0 Å². The van der Waals surface area contributed by atoms with Crippen LogP contribution in [0.5, 0.6) is 5.75 Å². The zero-order chi connectivity index (χ0) is 30.5. The minimum Gasteiger partial charge on any atom is -0.455 e. The Balaban J connectivity index is 1.59. The molecule has 0 aliphatic rings. The molecule has 218 valence electrons. The molecule has 2 heterocycles. The molecule has 0 bridgehead atoms. The van der Waals surface area contributed by atoms with Crippen molar-refractivity contribution >= 4 is 33.7 Å². The van der Waals surface area contributed by atoms with Gasteiger partial charge < -0.3 is 23.8 Å². The second-order valence-electron chi connectivity index (χ2n) is 9.90. The van der Waals surface area contributed by atoms with E-state index >= 15 is 0 Å². The third-order valence-electron chi connectivity index (χ3n) is 6.89. The van der Waals surface area contributed by atoms with Crippen molar-refractivity contribution in [3.8, 4) is 39.7 Å². The summed E-state index contributed by atoms with van der Waals surface area (Å²) in [6.07, 6.45) is -4.95. The molecule has 1 amide bonds. The van der Waals surface area contributed by atoms with Crippen molar-refractivity contribution in [3.05, 3.63) is 90.2 Å². The van der Waals surface area contributed by atoms with E-state index in [-0.39, 0.29) is 22.8 Å².